The van der Waals surface area contributed by atoms with Crippen LogP contribution < -0.4 is 20.3 Å². The summed E-state index contributed by atoms with van der Waals surface area (Å²) in [6, 6.07) is 18.2. The zero-order valence-electron chi connectivity index (χ0n) is 29.3. The van der Waals surface area contributed by atoms with Crippen LogP contribution in [0.4, 0.5) is 11.4 Å². The number of ether oxygens (including phenoxy) is 1. The number of carboxylic acid groups (broad SMARTS) is 1. The van der Waals surface area contributed by atoms with Crippen molar-refractivity contribution < 1.29 is 38.9 Å². The summed E-state index contributed by atoms with van der Waals surface area (Å²) in [4.78, 5) is 70.0. The normalized spacial score (nSPS) is 15.6. The smallest absolute Gasteiger partial charge is 0.328 e. The van der Waals surface area contributed by atoms with Gasteiger partial charge in [0, 0.05) is 10.6 Å². The molecule has 4 rings (SSSR count). The number of thiol groups is 1. The minimum atomic E-state index is -1.59. The number of hydrogen-bond donors (Lipinski definition) is 5. The number of anilines is 2. The van der Waals surface area contributed by atoms with Gasteiger partial charge in [-0.15, -0.1) is 23.5 Å². The van der Waals surface area contributed by atoms with Crippen molar-refractivity contribution in [2.45, 2.75) is 87.3 Å². The number of para-hydroxylation sites is 1. The highest BCUT2D eigenvalue weighted by Crippen LogP contribution is 2.51. The van der Waals surface area contributed by atoms with Crippen LogP contribution in [-0.4, -0.2) is 64.0 Å². The van der Waals surface area contributed by atoms with Gasteiger partial charge in [-0.2, -0.15) is 0 Å². The third kappa shape index (κ3) is 9.32. The molecule has 51 heavy (non-hydrogen) atoms. The van der Waals surface area contributed by atoms with E-state index in [1.54, 1.807) is 41.3 Å². The van der Waals surface area contributed by atoms with Gasteiger partial charge in [-0.1, -0.05) is 88.1 Å². The molecule has 13 heteroatoms. The zero-order chi connectivity index (χ0) is 37.1. The third-order valence-electron chi connectivity index (χ3n) is 8.78. The Balaban J connectivity index is 1.67. The summed E-state index contributed by atoms with van der Waals surface area (Å²) < 4.78 is 6.04. The fourth-order valence-electron chi connectivity index (χ4n) is 5.97. The van der Waals surface area contributed by atoms with Gasteiger partial charge in [0.2, 0.25) is 11.8 Å². The van der Waals surface area contributed by atoms with E-state index >= 15 is 0 Å². The van der Waals surface area contributed by atoms with Gasteiger partial charge in [-0.05, 0) is 55.9 Å². The summed E-state index contributed by atoms with van der Waals surface area (Å²) >= 11 is 1.70. The second-order valence-electron chi connectivity index (χ2n) is 12.4. The molecule has 1 radical (unpaired) electrons. The number of aliphatic hydroxyl groups excluding tert-OH is 1. The molecule has 0 spiro atoms. The van der Waals surface area contributed by atoms with Gasteiger partial charge < -0.3 is 25.6 Å². The van der Waals surface area contributed by atoms with Crippen molar-refractivity contribution in [1.82, 2.24) is 10.6 Å². The highest BCUT2D eigenvalue weighted by Gasteiger charge is 2.50. The fraction of sp³-hybridized carbons (Fsp3) is 0.395. The predicted molar refractivity (Wildman–Crippen MR) is 200 cm³/mol. The maximum Gasteiger partial charge on any atom is 0.328 e. The van der Waals surface area contributed by atoms with Crippen molar-refractivity contribution in [2.75, 3.05) is 17.8 Å². The highest BCUT2D eigenvalue weighted by molar-refractivity contribution is 8.14. The molecular weight excluding hydrogens is 691 g/mol. The summed E-state index contributed by atoms with van der Waals surface area (Å²) in [6.45, 7) is 4.82. The van der Waals surface area contributed by atoms with Gasteiger partial charge in [0.15, 0.2) is 17.8 Å². The summed E-state index contributed by atoms with van der Waals surface area (Å²) in [6.07, 6.45) is 4.49. The van der Waals surface area contributed by atoms with Crippen molar-refractivity contribution in [3.63, 3.8) is 0 Å². The number of thioether (sulfide) groups is 1. The number of nitrogens with one attached hydrogen (secondary N) is 2. The number of nitrogens with zero attached hydrogens (tertiary/aromatic N) is 1. The first-order chi connectivity index (χ1) is 24.5. The summed E-state index contributed by atoms with van der Waals surface area (Å²) in [5, 5.41) is 24.1. The lowest BCUT2D eigenvalue weighted by Gasteiger charge is -2.34. The zero-order valence-corrected chi connectivity index (χ0v) is 31.0. The van der Waals surface area contributed by atoms with Gasteiger partial charge in [0.05, 0.1) is 16.7 Å². The molecule has 1 unspecified atom stereocenters. The van der Waals surface area contributed by atoms with Crippen molar-refractivity contribution in [1.29, 1.82) is 0 Å². The second kappa shape index (κ2) is 18.2. The molecule has 3 atom stereocenters. The van der Waals surface area contributed by atoms with E-state index in [4.69, 9.17) is 4.74 Å². The predicted octanol–water partition coefficient (Wildman–Crippen LogP) is 5.99. The number of amides is 3. The van der Waals surface area contributed by atoms with E-state index in [0.29, 0.717) is 57.1 Å². The Morgan fingerprint density at radius 1 is 0.941 bits per heavy atom. The average Bonchev–Trinajstić information content (AvgIpc) is 3.21. The monoisotopic (exact) mass is 736 g/mol. The molecule has 273 valence electrons. The lowest BCUT2D eigenvalue weighted by Crippen LogP contribution is -2.52. The summed E-state index contributed by atoms with van der Waals surface area (Å²) in [5.74, 6) is -2.83. The Morgan fingerprint density at radius 3 is 2.10 bits per heavy atom. The van der Waals surface area contributed by atoms with E-state index in [1.165, 1.54) is 18.7 Å². The molecule has 0 saturated heterocycles. The standard InChI is InChI=1S/C38H46N3O8S2/c1-5-7-19-38(20-8-6-2)36(47)41(26-17-13-10-14-18-26)27-21-30(50-4)28(22-29(27)51-37(38)48)49-23-31(43)39-33(25-15-11-9-12-16-25)34(44)40-32(24(3)42)35(45)46/h9-18,21-22,24,32-33,42,51H,5-8,19-20,23H2,1-4H3,(H,39,43)(H,40,44)(H,45,46)/t24?,32-,33+/m0/s1. The topological polar surface area (TPSA) is 162 Å². The quantitative estimate of drug-likeness (QED) is 0.0637. The first-order valence-electron chi connectivity index (χ1n) is 17.0. The number of aliphatic carboxylic acids is 1. The molecule has 4 N–H and O–H groups in total. The van der Waals surface area contributed by atoms with Crippen molar-refractivity contribution in [3.05, 3.63) is 78.4 Å². The molecule has 1 heterocycles. The van der Waals surface area contributed by atoms with Gasteiger partial charge in [0.1, 0.15) is 17.2 Å². The van der Waals surface area contributed by atoms with Crippen LogP contribution in [-0.2, 0) is 24.0 Å². The van der Waals surface area contributed by atoms with Gasteiger partial charge in [0.25, 0.3) is 5.91 Å². The van der Waals surface area contributed by atoms with Crippen LogP contribution >= 0.6 is 23.5 Å². The number of carbonyl (C=O) groups excluding carboxylic acids is 4. The first-order valence-corrected chi connectivity index (χ1v) is 19.1. The van der Waals surface area contributed by atoms with Gasteiger partial charge in [-0.3, -0.25) is 24.1 Å². The molecule has 0 saturated carbocycles. The van der Waals surface area contributed by atoms with E-state index in [9.17, 15) is 34.2 Å². The van der Waals surface area contributed by atoms with Crippen LogP contribution in [0.2, 0.25) is 0 Å². The third-order valence-corrected chi connectivity index (χ3v) is 10.8. The lowest BCUT2D eigenvalue weighted by atomic mass is 9.77. The van der Waals surface area contributed by atoms with Crippen LogP contribution in [0, 0.1) is 5.41 Å². The lowest BCUT2D eigenvalue weighted by molar-refractivity contribution is -0.145. The first kappa shape index (κ1) is 39.5. The van der Waals surface area contributed by atoms with Crippen molar-refractivity contribution in [2.24, 2.45) is 5.41 Å². The minimum Gasteiger partial charge on any atom is -0.483 e. The van der Waals surface area contributed by atoms with Gasteiger partial charge >= 0.3 is 5.97 Å². The average molecular weight is 737 g/mol. The molecule has 0 bridgehead atoms. The number of hydrogen-bond acceptors (Lipinski definition) is 8. The highest BCUT2D eigenvalue weighted by atomic mass is 32.2. The second-order valence-corrected chi connectivity index (χ2v) is 14.4. The maximum atomic E-state index is 14.7. The van der Waals surface area contributed by atoms with Crippen LogP contribution in [0.15, 0.2) is 82.6 Å². The Labute approximate surface area is 306 Å². The van der Waals surface area contributed by atoms with Crippen molar-refractivity contribution >= 4 is 63.7 Å². The molecular formula is C38H46N3O8S2. The van der Waals surface area contributed by atoms with Gasteiger partial charge in [-0.25, -0.2) is 4.79 Å². The molecule has 3 aromatic rings. The molecule has 1 aliphatic heterocycles. The fourth-order valence-corrected chi connectivity index (χ4v) is 7.73. The van der Waals surface area contributed by atoms with Crippen molar-refractivity contribution in [3.8, 4) is 5.75 Å². The number of carboxylic acids is 1. The Hall–Kier alpha value is -4.33. The van der Waals surface area contributed by atoms with E-state index in [1.807, 2.05) is 56.5 Å². The number of benzene rings is 3. The number of carbonyl (C=O) groups is 5. The Bertz CT molecular complexity index is 1700. The molecule has 0 aromatic heterocycles. The van der Waals surface area contributed by atoms with E-state index in [2.05, 4.69) is 10.6 Å². The molecule has 1 aliphatic rings. The van der Waals surface area contributed by atoms with Crippen LogP contribution in [0.3, 0.4) is 0 Å². The minimum absolute atomic E-state index is 0.164. The summed E-state index contributed by atoms with van der Waals surface area (Å²) in [5.41, 5.74) is 0.426. The molecule has 11 nitrogen and oxygen atoms in total. The van der Waals surface area contributed by atoms with E-state index < -0.39 is 48.0 Å². The molecule has 0 fully saturated rings. The number of fused-ring (bicyclic) bond motifs is 1. The largest absolute Gasteiger partial charge is 0.483 e. The Kier molecular flexibility index (Phi) is 14.1. The van der Waals surface area contributed by atoms with E-state index in [0.717, 1.165) is 25.7 Å². The summed E-state index contributed by atoms with van der Waals surface area (Å²) in [7, 11) is 0. The number of unbranched alkanes of at least 4 members (excludes halogenated alkanes) is 2. The van der Waals surface area contributed by atoms with Crippen LogP contribution in [0.25, 0.3) is 0 Å². The number of aliphatic hydroxyl groups is 1. The molecule has 3 amide bonds. The Morgan fingerprint density at radius 2 is 1.55 bits per heavy atom. The molecule has 0 aliphatic carbocycles. The maximum absolute atomic E-state index is 14.7. The van der Waals surface area contributed by atoms with E-state index in [-0.39, 0.29) is 11.0 Å². The SMILES string of the molecule is CCCCC1(CCCC)C(=O)[SH]c2cc(OCC(=O)N[C@@H](C(=O)N[C@H](C(=O)O)C(C)O)c3ccccc3)c(SC)cc2N(c2ccccc2)C1=O. The van der Waals surface area contributed by atoms with Crippen LogP contribution in [0.5, 0.6) is 5.75 Å². The van der Waals surface area contributed by atoms with Crippen LogP contribution in [0.1, 0.15) is 70.9 Å². The molecule has 3 aromatic carbocycles. The number of rotatable bonds is 17.